The molecule has 21 heavy (non-hydrogen) atoms. The fourth-order valence-electron chi connectivity index (χ4n) is 2.85. The lowest BCUT2D eigenvalue weighted by molar-refractivity contribution is -0.149. The second kappa shape index (κ2) is 5.16. The second-order valence-corrected chi connectivity index (χ2v) is 6.68. The first-order valence-corrected chi connectivity index (χ1v) is 7.09. The Balaban J connectivity index is 2.22. The standard InChI is InChI=1S/C15H21NO5/c1-14(2,3)21-13(20)16-7-5-10-8-11(17)4-6-15(10,9-16)12(18)19/h8H,4-7,9H2,1-3H3,(H,18,19)/t15-/m0/s1. The zero-order valence-electron chi connectivity index (χ0n) is 12.6. The summed E-state index contributed by atoms with van der Waals surface area (Å²) in [6.45, 7) is 5.75. The van der Waals surface area contributed by atoms with Crippen molar-refractivity contribution < 1.29 is 24.2 Å². The van der Waals surface area contributed by atoms with Gasteiger partial charge in [-0.15, -0.1) is 0 Å². The number of aliphatic carboxylic acids is 1. The van der Waals surface area contributed by atoms with Crippen LogP contribution < -0.4 is 0 Å². The molecular formula is C15H21NO5. The van der Waals surface area contributed by atoms with Crippen LogP contribution in [0, 0.1) is 5.41 Å². The summed E-state index contributed by atoms with van der Waals surface area (Å²) in [5, 5.41) is 9.61. The Morgan fingerprint density at radius 1 is 1.33 bits per heavy atom. The number of fused-ring (bicyclic) bond motifs is 1. The molecule has 1 saturated heterocycles. The number of carbonyl (C=O) groups is 3. The van der Waals surface area contributed by atoms with E-state index in [2.05, 4.69) is 0 Å². The second-order valence-electron chi connectivity index (χ2n) is 6.68. The van der Waals surface area contributed by atoms with Crippen LogP contribution in [0.1, 0.15) is 40.0 Å². The number of hydrogen-bond acceptors (Lipinski definition) is 4. The number of allylic oxidation sites excluding steroid dienone is 1. The van der Waals surface area contributed by atoms with Gasteiger partial charge in [-0.2, -0.15) is 0 Å². The van der Waals surface area contributed by atoms with Crippen molar-refractivity contribution in [3.63, 3.8) is 0 Å². The number of rotatable bonds is 1. The van der Waals surface area contributed by atoms with Crippen molar-refractivity contribution >= 4 is 17.8 Å². The Bertz CT molecular complexity index is 517. The van der Waals surface area contributed by atoms with Crippen molar-refractivity contribution in [2.24, 2.45) is 5.41 Å². The highest BCUT2D eigenvalue weighted by molar-refractivity contribution is 5.95. The lowest BCUT2D eigenvalue weighted by Crippen LogP contribution is -2.53. The molecule has 0 bridgehead atoms. The third kappa shape index (κ3) is 3.09. The van der Waals surface area contributed by atoms with Crippen LogP contribution in [0.2, 0.25) is 0 Å². The molecule has 0 unspecified atom stereocenters. The van der Waals surface area contributed by atoms with Crippen LogP contribution >= 0.6 is 0 Å². The Morgan fingerprint density at radius 2 is 2.00 bits per heavy atom. The zero-order valence-corrected chi connectivity index (χ0v) is 12.6. The van der Waals surface area contributed by atoms with E-state index < -0.39 is 23.1 Å². The minimum absolute atomic E-state index is 0.0346. The molecule has 0 saturated carbocycles. The predicted octanol–water partition coefficient (Wildman–Crippen LogP) is 1.99. The quantitative estimate of drug-likeness (QED) is 0.799. The predicted molar refractivity (Wildman–Crippen MR) is 74.8 cm³/mol. The molecule has 1 aliphatic carbocycles. The molecule has 6 heteroatoms. The van der Waals surface area contributed by atoms with Gasteiger partial charge in [-0.3, -0.25) is 9.59 Å². The summed E-state index contributed by atoms with van der Waals surface area (Å²) >= 11 is 0. The van der Waals surface area contributed by atoms with E-state index in [1.165, 1.54) is 11.0 Å². The molecule has 1 fully saturated rings. The van der Waals surface area contributed by atoms with Gasteiger partial charge in [0.2, 0.25) is 0 Å². The summed E-state index contributed by atoms with van der Waals surface area (Å²) in [5.41, 5.74) is -1.12. The summed E-state index contributed by atoms with van der Waals surface area (Å²) in [5.74, 6) is -1.01. The van der Waals surface area contributed by atoms with Crippen molar-refractivity contribution in [3.05, 3.63) is 11.6 Å². The van der Waals surface area contributed by atoms with Gasteiger partial charge in [0.15, 0.2) is 5.78 Å². The Morgan fingerprint density at radius 3 is 2.57 bits per heavy atom. The molecule has 2 aliphatic rings. The highest BCUT2D eigenvalue weighted by Gasteiger charge is 2.49. The first-order valence-electron chi connectivity index (χ1n) is 7.09. The lowest BCUT2D eigenvalue weighted by atomic mass is 9.68. The first kappa shape index (κ1) is 15.5. The van der Waals surface area contributed by atoms with Gasteiger partial charge in [-0.25, -0.2) is 4.79 Å². The maximum Gasteiger partial charge on any atom is 0.410 e. The molecule has 1 amide bonds. The van der Waals surface area contributed by atoms with Crippen LogP contribution in [0.15, 0.2) is 11.6 Å². The number of carbonyl (C=O) groups excluding carboxylic acids is 2. The molecule has 0 radical (unpaired) electrons. The monoisotopic (exact) mass is 295 g/mol. The fourth-order valence-corrected chi connectivity index (χ4v) is 2.85. The molecule has 2 rings (SSSR count). The van der Waals surface area contributed by atoms with E-state index in [-0.39, 0.29) is 25.2 Å². The topological polar surface area (TPSA) is 83.9 Å². The number of ketones is 1. The zero-order chi connectivity index (χ0) is 15.8. The van der Waals surface area contributed by atoms with E-state index in [4.69, 9.17) is 4.74 Å². The lowest BCUT2D eigenvalue weighted by Gasteiger charge is -2.43. The summed E-state index contributed by atoms with van der Waals surface area (Å²) in [6.07, 6.45) is 1.80. The highest BCUT2D eigenvalue weighted by atomic mass is 16.6. The van der Waals surface area contributed by atoms with E-state index in [0.717, 1.165) is 0 Å². The molecule has 0 aromatic heterocycles. The first-order chi connectivity index (χ1) is 9.64. The summed E-state index contributed by atoms with van der Waals surface area (Å²) in [7, 11) is 0. The molecular weight excluding hydrogens is 274 g/mol. The molecule has 116 valence electrons. The van der Waals surface area contributed by atoms with Crippen molar-refractivity contribution in [2.75, 3.05) is 13.1 Å². The number of likely N-dealkylation sites (tertiary alicyclic amines) is 1. The van der Waals surface area contributed by atoms with Gasteiger partial charge >= 0.3 is 12.1 Å². The number of amides is 1. The SMILES string of the molecule is CC(C)(C)OC(=O)N1CCC2=CC(=O)CC[C@]2(C(=O)O)C1. The molecule has 6 nitrogen and oxygen atoms in total. The smallest absolute Gasteiger partial charge is 0.410 e. The molecule has 1 atom stereocenters. The summed E-state index contributed by atoms with van der Waals surface area (Å²) in [6, 6.07) is 0. The largest absolute Gasteiger partial charge is 0.481 e. The van der Waals surface area contributed by atoms with Crippen molar-refractivity contribution in [2.45, 2.75) is 45.6 Å². The minimum atomic E-state index is -1.14. The molecule has 1 heterocycles. The average molecular weight is 295 g/mol. The van der Waals surface area contributed by atoms with Gasteiger partial charge in [0.1, 0.15) is 11.0 Å². The van der Waals surface area contributed by atoms with Crippen LogP contribution in [-0.2, 0) is 14.3 Å². The van der Waals surface area contributed by atoms with Gasteiger partial charge < -0.3 is 14.7 Å². The molecule has 1 aliphatic heterocycles. The summed E-state index contributed by atoms with van der Waals surface area (Å²) in [4.78, 5) is 36.8. The Hall–Kier alpha value is -1.85. The number of ether oxygens (including phenoxy) is 1. The van der Waals surface area contributed by atoms with Crippen molar-refractivity contribution in [1.82, 2.24) is 4.90 Å². The van der Waals surface area contributed by atoms with Crippen LogP contribution in [-0.4, -0.2) is 46.5 Å². The van der Waals surface area contributed by atoms with Crippen molar-refractivity contribution in [1.29, 1.82) is 0 Å². The van der Waals surface area contributed by atoms with Crippen LogP contribution in [0.5, 0.6) is 0 Å². The summed E-state index contributed by atoms with van der Waals surface area (Å²) < 4.78 is 5.31. The molecule has 0 spiro atoms. The molecule has 0 aromatic rings. The number of carboxylic acids is 1. The van der Waals surface area contributed by atoms with Gasteiger partial charge in [0, 0.05) is 19.5 Å². The van der Waals surface area contributed by atoms with Gasteiger partial charge in [0.05, 0.1) is 0 Å². The van der Waals surface area contributed by atoms with E-state index in [9.17, 15) is 19.5 Å². The third-order valence-corrected chi connectivity index (χ3v) is 3.92. The third-order valence-electron chi connectivity index (χ3n) is 3.92. The van der Waals surface area contributed by atoms with Crippen LogP contribution in [0.25, 0.3) is 0 Å². The number of hydrogen-bond donors (Lipinski definition) is 1. The van der Waals surface area contributed by atoms with Gasteiger partial charge in [-0.1, -0.05) is 0 Å². The van der Waals surface area contributed by atoms with E-state index in [1.807, 2.05) is 0 Å². The Kier molecular flexibility index (Phi) is 3.82. The van der Waals surface area contributed by atoms with E-state index in [0.29, 0.717) is 18.5 Å². The van der Waals surface area contributed by atoms with E-state index in [1.54, 1.807) is 20.8 Å². The molecule has 0 aromatic carbocycles. The van der Waals surface area contributed by atoms with Crippen LogP contribution in [0.4, 0.5) is 4.79 Å². The number of carboxylic acid groups (broad SMARTS) is 1. The number of nitrogens with zero attached hydrogens (tertiary/aromatic N) is 1. The van der Waals surface area contributed by atoms with E-state index >= 15 is 0 Å². The average Bonchev–Trinajstić information content (AvgIpc) is 2.35. The fraction of sp³-hybridized carbons (Fsp3) is 0.667. The van der Waals surface area contributed by atoms with Gasteiger partial charge in [-0.05, 0) is 45.3 Å². The van der Waals surface area contributed by atoms with Crippen molar-refractivity contribution in [3.8, 4) is 0 Å². The maximum atomic E-state index is 12.1. The normalized spacial score (nSPS) is 26.0. The minimum Gasteiger partial charge on any atom is -0.481 e. The highest BCUT2D eigenvalue weighted by Crippen LogP contribution is 2.42. The number of piperidine rings is 1. The Labute approximate surface area is 123 Å². The molecule has 1 N–H and O–H groups in total. The van der Waals surface area contributed by atoms with Gasteiger partial charge in [0.25, 0.3) is 0 Å². The maximum absolute atomic E-state index is 12.1. The van der Waals surface area contributed by atoms with Crippen LogP contribution in [0.3, 0.4) is 0 Å².